The van der Waals surface area contributed by atoms with Crippen molar-refractivity contribution in [1.29, 1.82) is 0 Å². The molecule has 0 aliphatic carbocycles. The second-order valence-corrected chi connectivity index (χ2v) is 6.70. The Hall–Kier alpha value is -1.32. The van der Waals surface area contributed by atoms with Gasteiger partial charge in [-0.1, -0.05) is 0 Å². The molecule has 0 fully saturated rings. The average Bonchev–Trinajstić information content (AvgIpc) is 2.83. The van der Waals surface area contributed by atoms with Crippen molar-refractivity contribution in [2.24, 2.45) is 5.84 Å². The molecule has 0 bridgehead atoms. The first-order valence-corrected chi connectivity index (χ1v) is 7.53. The number of halogens is 4. The summed E-state index contributed by atoms with van der Waals surface area (Å²) in [7, 11) is 0. The van der Waals surface area contributed by atoms with Crippen LogP contribution in [0.4, 0.5) is 24.8 Å². The zero-order valence-corrected chi connectivity index (χ0v) is 13.1. The minimum absolute atomic E-state index is 0.0359. The molecule has 4 N–H and O–H groups in total. The summed E-state index contributed by atoms with van der Waals surface area (Å²) in [6.07, 6.45) is -3.75. The van der Waals surface area contributed by atoms with E-state index in [1.165, 1.54) is 0 Å². The number of nitrogens with one attached hydrogen (secondary N) is 2. The fourth-order valence-corrected chi connectivity index (χ4v) is 3.14. The van der Waals surface area contributed by atoms with E-state index < -0.39 is 11.7 Å². The zero-order valence-electron chi connectivity index (χ0n) is 10.7. The van der Waals surface area contributed by atoms with Crippen LogP contribution in [0.5, 0.6) is 0 Å². The minimum atomic E-state index is -4.44. The Morgan fingerprint density at radius 3 is 2.52 bits per heavy atom. The van der Waals surface area contributed by atoms with Crippen LogP contribution >= 0.6 is 27.3 Å². The summed E-state index contributed by atoms with van der Waals surface area (Å²) >= 11 is 4.94. The van der Waals surface area contributed by atoms with Crippen LogP contribution in [0, 0.1) is 0 Å². The van der Waals surface area contributed by atoms with E-state index in [1.807, 2.05) is 12.1 Å². The molecule has 2 aromatic heterocycles. The molecule has 4 nitrogen and oxygen atoms in total. The van der Waals surface area contributed by atoms with E-state index in [1.54, 1.807) is 11.3 Å². The molecule has 0 saturated carbocycles. The molecule has 0 amide bonds. The van der Waals surface area contributed by atoms with Crippen molar-refractivity contribution in [1.82, 2.24) is 4.98 Å². The second-order valence-electron chi connectivity index (χ2n) is 4.15. The lowest BCUT2D eigenvalue weighted by molar-refractivity contribution is -0.137. The molecular weight excluding hydrogens is 369 g/mol. The van der Waals surface area contributed by atoms with E-state index in [-0.39, 0.29) is 11.6 Å². The molecule has 0 saturated heterocycles. The lowest BCUT2D eigenvalue weighted by Crippen LogP contribution is -2.14. The van der Waals surface area contributed by atoms with Crippen LogP contribution in [0.3, 0.4) is 0 Å². The van der Waals surface area contributed by atoms with Gasteiger partial charge < -0.3 is 10.7 Å². The third kappa shape index (κ3) is 4.58. The van der Waals surface area contributed by atoms with Crippen molar-refractivity contribution in [2.45, 2.75) is 12.6 Å². The summed E-state index contributed by atoms with van der Waals surface area (Å²) in [6, 6.07) is 5.72. The summed E-state index contributed by atoms with van der Waals surface area (Å²) in [5, 5.41) is 2.87. The number of hydrazine groups is 1. The van der Waals surface area contributed by atoms with Crippen LogP contribution in [-0.4, -0.2) is 11.5 Å². The Labute approximate surface area is 131 Å². The summed E-state index contributed by atoms with van der Waals surface area (Å²) < 4.78 is 39.3. The maximum absolute atomic E-state index is 12.7. The lowest BCUT2D eigenvalue weighted by Gasteiger charge is -2.12. The summed E-state index contributed by atoms with van der Waals surface area (Å²) in [6.45, 7) is 0.477. The molecule has 2 rings (SSSR count). The first-order valence-electron chi connectivity index (χ1n) is 5.92. The van der Waals surface area contributed by atoms with Crippen molar-refractivity contribution in [3.8, 4) is 0 Å². The molecule has 0 spiro atoms. The first kappa shape index (κ1) is 16.1. The topological polar surface area (TPSA) is 63.0 Å². The Kier molecular flexibility index (Phi) is 5.07. The lowest BCUT2D eigenvalue weighted by atomic mass is 10.2. The van der Waals surface area contributed by atoms with Gasteiger partial charge in [-0.25, -0.2) is 10.8 Å². The third-order valence-electron chi connectivity index (χ3n) is 2.61. The molecule has 0 radical (unpaired) electrons. The van der Waals surface area contributed by atoms with Gasteiger partial charge in [0, 0.05) is 11.4 Å². The molecule has 0 aliphatic rings. The molecule has 0 atom stereocenters. The summed E-state index contributed by atoms with van der Waals surface area (Å²) in [5.41, 5.74) is 1.34. The van der Waals surface area contributed by atoms with Crippen LogP contribution in [0.2, 0.25) is 0 Å². The summed E-state index contributed by atoms with van der Waals surface area (Å²) in [4.78, 5) is 5.07. The highest BCUT2D eigenvalue weighted by Crippen LogP contribution is 2.32. The van der Waals surface area contributed by atoms with Gasteiger partial charge in [-0.2, -0.15) is 13.2 Å². The summed E-state index contributed by atoms with van der Waals surface area (Å²) in [5.74, 6) is 5.24. The van der Waals surface area contributed by atoms with E-state index in [2.05, 4.69) is 31.7 Å². The predicted molar refractivity (Wildman–Crippen MR) is 81.3 cm³/mol. The van der Waals surface area contributed by atoms with Crippen LogP contribution in [0.1, 0.15) is 10.4 Å². The number of nitrogen functional groups attached to an aromatic ring is 1. The van der Waals surface area contributed by atoms with Gasteiger partial charge in [-0.05, 0) is 46.6 Å². The molecule has 2 aromatic rings. The average molecular weight is 381 g/mol. The predicted octanol–water partition coefficient (Wildman–Crippen LogP) is 3.86. The van der Waals surface area contributed by atoms with Gasteiger partial charge >= 0.3 is 6.18 Å². The van der Waals surface area contributed by atoms with Gasteiger partial charge in [0.05, 0.1) is 9.35 Å². The number of rotatable bonds is 5. The van der Waals surface area contributed by atoms with Crippen molar-refractivity contribution in [3.05, 3.63) is 38.5 Å². The van der Waals surface area contributed by atoms with Gasteiger partial charge in [0.1, 0.15) is 11.6 Å². The molecule has 21 heavy (non-hydrogen) atoms. The maximum Gasteiger partial charge on any atom is 0.416 e. The number of hydrogen-bond donors (Lipinski definition) is 3. The Balaban J connectivity index is 2.05. The SMILES string of the molecule is NNc1cc(C(F)(F)F)cc(NCCc2ccc(Br)s2)n1. The van der Waals surface area contributed by atoms with Gasteiger partial charge in [-0.15, -0.1) is 11.3 Å². The van der Waals surface area contributed by atoms with E-state index in [0.29, 0.717) is 13.0 Å². The number of alkyl halides is 3. The van der Waals surface area contributed by atoms with Crippen molar-refractivity contribution in [3.63, 3.8) is 0 Å². The number of nitrogens with zero attached hydrogens (tertiary/aromatic N) is 1. The van der Waals surface area contributed by atoms with Gasteiger partial charge in [0.25, 0.3) is 0 Å². The largest absolute Gasteiger partial charge is 0.416 e. The minimum Gasteiger partial charge on any atom is -0.370 e. The van der Waals surface area contributed by atoms with Crippen LogP contribution in [-0.2, 0) is 12.6 Å². The Bertz CT molecular complexity index is 615. The van der Waals surface area contributed by atoms with Crippen molar-refractivity contribution in [2.75, 3.05) is 17.3 Å². The molecule has 2 heterocycles. The number of nitrogens with two attached hydrogens (primary N) is 1. The van der Waals surface area contributed by atoms with Crippen LogP contribution < -0.4 is 16.6 Å². The van der Waals surface area contributed by atoms with Gasteiger partial charge in [0.2, 0.25) is 0 Å². The zero-order chi connectivity index (χ0) is 15.5. The molecule has 114 valence electrons. The molecule has 9 heteroatoms. The number of anilines is 2. The smallest absolute Gasteiger partial charge is 0.370 e. The monoisotopic (exact) mass is 380 g/mol. The highest BCUT2D eigenvalue weighted by atomic mass is 79.9. The molecular formula is C12H12BrF3N4S. The first-order chi connectivity index (χ1) is 9.88. The quantitative estimate of drug-likeness (QED) is 0.544. The molecule has 0 unspecified atom stereocenters. The van der Waals surface area contributed by atoms with Crippen molar-refractivity contribution < 1.29 is 13.2 Å². The highest BCUT2D eigenvalue weighted by Gasteiger charge is 2.31. The highest BCUT2D eigenvalue weighted by molar-refractivity contribution is 9.11. The van der Waals surface area contributed by atoms with Crippen LogP contribution in [0.25, 0.3) is 0 Å². The van der Waals surface area contributed by atoms with E-state index >= 15 is 0 Å². The normalized spacial score (nSPS) is 11.5. The number of thiophene rings is 1. The molecule has 0 aromatic carbocycles. The number of aromatic nitrogens is 1. The Morgan fingerprint density at radius 2 is 1.95 bits per heavy atom. The third-order valence-corrected chi connectivity index (χ3v) is 4.29. The standard InChI is InChI=1S/C12H12BrF3N4S/c13-9-2-1-8(21-9)3-4-18-10-5-7(12(14,15)16)6-11(19-10)20-17/h1-2,5-6H,3-4,17H2,(H2,18,19,20). The fraction of sp³-hybridized carbons (Fsp3) is 0.250. The van der Waals surface area contributed by atoms with Crippen molar-refractivity contribution >= 4 is 38.9 Å². The van der Waals surface area contributed by atoms with E-state index in [0.717, 1.165) is 20.8 Å². The maximum atomic E-state index is 12.7. The van der Waals surface area contributed by atoms with Crippen LogP contribution in [0.15, 0.2) is 28.1 Å². The molecule has 0 aliphatic heterocycles. The number of pyridine rings is 1. The van der Waals surface area contributed by atoms with Gasteiger partial charge in [-0.3, -0.25) is 0 Å². The van der Waals surface area contributed by atoms with E-state index in [4.69, 9.17) is 5.84 Å². The number of hydrogen-bond acceptors (Lipinski definition) is 5. The fourth-order valence-electron chi connectivity index (χ4n) is 1.66. The second kappa shape index (κ2) is 6.63. The van der Waals surface area contributed by atoms with Gasteiger partial charge in [0.15, 0.2) is 0 Å². The Morgan fingerprint density at radius 1 is 1.24 bits per heavy atom. The van der Waals surface area contributed by atoms with E-state index in [9.17, 15) is 13.2 Å².